The fourth-order valence-corrected chi connectivity index (χ4v) is 4.51. The Hall–Kier alpha value is -2.22. The Morgan fingerprint density at radius 2 is 1.65 bits per heavy atom. The van der Waals surface area contributed by atoms with Gasteiger partial charge in [-0.15, -0.1) is 0 Å². The first-order valence-corrected chi connectivity index (χ1v) is 14.3. The second kappa shape index (κ2) is 16.6. The topological polar surface area (TPSA) is 87.7 Å². The number of alkyl carbamates (subject to hydrolysis) is 1. The summed E-state index contributed by atoms with van der Waals surface area (Å²) in [5.74, 6) is -0.478. The number of thiol groups is 1. The largest absolute Gasteiger partial charge is 0.444 e. The number of benzene rings is 1. The number of rotatable bonds is 15. The fraction of sp³-hybridized carbons (Fsp3) is 0.690. The highest BCUT2D eigenvalue weighted by Gasteiger charge is 2.36. The lowest BCUT2D eigenvalue weighted by atomic mass is 9.97. The number of ether oxygens (including phenoxy) is 1. The zero-order valence-corrected chi connectivity index (χ0v) is 24.8. The number of unbranched alkanes of at least 4 members (excludes halogenated alkanes) is 4. The van der Waals surface area contributed by atoms with Crippen molar-refractivity contribution < 1.29 is 19.1 Å². The van der Waals surface area contributed by atoms with Gasteiger partial charge < -0.3 is 20.3 Å². The van der Waals surface area contributed by atoms with Gasteiger partial charge in [-0.3, -0.25) is 9.59 Å². The highest BCUT2D eigenvalue weighted by atomic mass is 32.1. The Morgan fingerprint density at radius 1 is 1.00 bits per heavy atom. The van der Waals surface area contributed by atoms with Gasteiger partial charge in [0.15, 0.2) is 0 Å². The first-order chi connectivity index (χ1) is 17.4. The maximum atomic E-state index is 14.0. The van der Waals surface area contributed by atoms with Crippen LogP contribution in [0.5, 0.6) is 0 Å². The predicted molar refractivity (Wildman–Crippen MR) is 154 cm³/mol. The molecule has 0 saturated carbocycles. The summed E-state index contributed by atoms with van der Waals surface area (Å²) < 4.78 is 5.38. The van der Waals surface area contributed by atoms with Gasteiger partial charge in [-0.05, 0) is 58.6 Å². The van der Waals surface area contributed by atoms with Crippen molar-refractivity contribution in [1.29, 1.82) is 0 Å². The van der Waals surface area contributed by atoms with Crippen LogP contribution in [0.2, 0.25) is 0 Å². The van der Waals surface area contributed by atoms with E-state index >= 15 is 0 Å². The van der Waals surface area contributed by atoms with E-state index in [0.717, 1.165) is 56.1 Å². The first-order valence-electron chi connectivity index (χ1n) is 13.7. The number of aryl methyl sites for hydroxylation is 1. The molecule has 0 fully saturated rings. The number of carbonyl (C=O) groups is 3. The van der Waals surface area contributed by atoms with Gasteiger partial charge in [-0.2, -0.15) is 12.6 Å². The minimum Gasteiger partial charge on any atom is -0.444 e. The van der Waals surface area contributed by atoms with Crippen LogP contribution in [0.15, 0.2) is 24.3 Å². The van der Waals surface area contributed by atoms with E-state index in [1.807, 2.05) is 38.1 Å². The van der Waals surface area contributed by atoms with Gasteiger partial charge in [0.05, 0.1) is 0 Å². The summed E-state index contributed by atoms with van der Waals surface area (Å²) in [6, 6.07) is 5.89. The fourth-order valence-electron chi connectivity index (χ4n) is 4.26. The highest BCUT2D eigenvalue weighted by molar-refractivity contribution is 7.80. The summed E-state index contributed by atoms with van der Waals surface area (Å²) in [5.41, 5.74) is 1.00. The van der Waals surface area contributed by atoms with Crippen molar-refractivity contribution in [1.82, 2.24) is 15.5 Å². The Balaban J connectivity index is 3.39. The van der Waals surface area contributed by atoms with E-state index in [-0.39, 0.29) is 23.6 Å². The van der Waals surface area contributed by atoms with Crippen LogP contribution in [0, 0.1) is 6.92 Å². The molecule has 0 radical (unpaired) electrons. The SMILES string of the molecule is CCCCCCCN(C(=O)C(CS)NC(=O)OC(C)(C)C)C(C(=O)NC(C)CCC)c1ccccc1C. The summed E-state index contributed by atoms with van der Waals surface area (Å²) in [4.78, 5) is 41.9. The minimum atomic E-state index is -0.929. The molecule has 0 aliphatic heterocycles. The smallest absolute Gasteiger partial charge is 0.408 e. The van der Waals surface area contributed by atoms with Crippen molar-refractivity contribution in [2.45, 2.75) is 117 Å². The predicted octanol–water partition coefficient (Wildman–Crippen LogP) is 5.96. The average Bonchev–Trinajstić information content (AvgIpc) is 2.81. The second-order valence-corrected chi connectivity index (χ2v) is 11.1. The summed E-state index contributed by atoms with van der Waals surface area (Å²) >= 11 is 4.37. The van der Waals surface area contributed by atoms with E-state index in [2.05, 4.69) is 37.1 Å². The van der Waals surface area contributed by atoms with Gasteiger partial charge in [0.25, 0.3) is 0 Å². The number of carbonyl (C=O) groups excluding carboxylic acids is 3. The van der Waals surface area contributed by atoms with Crippen molar-refractivity contribution in [2.75, 3.05) is 12.3 Å². The van der Waals surface area contributed by atoms with E-state index in [0.29, 0.717) is 6.54 Å². The molecule has 1 aromatic rings. The van der Waals surface area contributed by atoms with Crippen LogP contribution in [0.4, 0.5) is 4.79 Å². The normalized spacial score (nSPS) is 13.8. The molecular formula is C29H49N3O4S. The Kier molecular flexibility index (Phi) is 14.7. The molecule has 0 saturated heterocycles. The van der Waals surface area contributed by atoms with Crippen LogP contribution in [0.3, 0.4) is 0 Å². The van der Waals surface area contributed by atoms with Crippen LogP contribution in [-0.4, -0.2) is 52.8 Å². The van der Waals surface area contributed by atoms with Gasteiger partial charge in [-0.25, -0.2) is 4.79 Å². The molecule has 3 atom stereocenters. The van der Waals surface area contributed by atoms with Crippen molar-refractivity contribution in [3.8, 4) is 0 Å². The standard InChI is InChI=1S/C29H49N3O4S/c1-8-10-11-12-15-19-32(27(34)24(20-37)31-28(35)36-29(5,6)7)25(23-18-14-13-17-21(23)3)26(33)30-22(4)16-9-2/h13-14,17-18,22,24-25,37H,8-12,15-16,19-20H2,1-7H3,(H,30,33)(H,31,35). The molecule has 210 valence electrons. The van der Waals surface area contributed by atoms with E-state index in [9.17, 15) is 14.4 Å². The Morgan fingerprint density at radius 3 is 2.22 bits per heavy atom. The maximum absolute atomic E-state index is 14.0. The van der Waals surface area contributed by atoms with Crippen LogP contribution in [-0.2, 0) is 14.3 Å². The van der Waals surface area contributed by atoms with E-state index < -0.39 is 23.8 Å². The second-order valence-electron chi connectivity index (χ2n) is 10.8. The van der Waals surface area contributed by atoms with Crippen molar-refractivity contribution >= 4 is 30.5 Å². The molecule has 0 spiro atoms. The zero-order chi connectivity index (χ0) is 28.0. The molecule has 1 aromatic carbocycles. The van der Waals surface area contributed by atoms with Crippen molar-refractivity contribution in [3.05, 3.63) is 35.4 Å². The van der Waals surface area contributed by atoms with Gasteiger partial charge in [-0.1, -0.05) is 70.2 Å². The molecular weight excluding hydrogens is 486 g/mol. The summed E-state index contributed by atoms with van der Waals surface area (Å²) in [7, 11) is 0. The molecule has 0 aliphatic carbocycles. The Bertz CT molecular complexity index is 856. The molecule has 8 heteroatoms. The minimum absolute atomic E-state index is 0.0221. The van der Waals surface area contributed by atoms with Crippen LogP contribution >= 0.6 is 12.6 Å². The zero-order valence-electron chi connectivity index (χ0n) is 23.9. The lowest BCUT2D eigenvalue weighted by Gasteiger charge is -2.35. The van der Waals surface area contributed by atoms with Crippen LogP contribution < -0.4 is 10.6 Å². The lowest BCUT2D eigenvalue weighted by Crippen LogP contribution is -2.54. The number of nitrogens with one attached hydrogen (secondary N) is 2. The summed E-state index contributed by atoms with van der Waals surface area (Å²) in [6.45, 7) is 13.9. The molecule has 37 heavy (non-hydrogen) atoms. The van der Waals surface area contributed by atoms with E-state index in [4.69, 9.17) is 4.74 Å². The third-order valence-corrected chi connectivity index (χ3v) is 6.48. The molecule has 0 bridgehead atoms. The molecule has 7 nitrogen and oxygen atoms in total. The van der Waals surface area contributed by atoms with Crippen LogP contribution in [0.25, 0.3) is 0 Å². The molecule has 1 rings (SSSR count). The van der Waals surface area contributed by atoms with Crippen molar-refractivity contribution in [2.24, 2.45) is 0 Å². The highest BCUT2D eigenvalue weighted by Crippen LogP contribution is 2.27. The molecule has 0 heterocycles. The summed E-state index contributed by atoms with van der Waals surface area (Å²) in [5, 5.41) is 5.79. The van der Waals surface area contributed by atoms with Gasteiger partial charge in [0.2, 0.25) is 11.8 Å². The lowest BCUT2D eigenvalue weighted by molar-refractivity contribution is -0.142. The Labute approximate surface area is 229 Å². The van der Waals surface area contributed by atoms with E-state index in [1.165, 1.54) is 0 Å². The van der Waals surface area contributed by atoms with Gasteiger partial charge in [0.1, 0.15) is 17.7 Å². The van der Waals surface area contributed by atoms with Crippen LogP contribution in [0.1, 0.15) is 104 Å². The third-order valence-electron chi connectivity index (χ3n) is 6.11. The third kappa shape index (κ3) is 11.8. The summed E-state index contributed by atoms with van der Waals surface area (Å²) in [6.07, 6.45) is 6.14. The molecule has 0 aromatic heterocycles. The van der Waals surface area contributed by atoms with E-state index in [1.54, 1.807) is 25.7 Å². The van der Waals surface area contributed by atoms with Crippen molar-refractivity contribution in [3.63, 3.8) is 0 Å². The number of nitrogens with zero attached hydrogens (tertiary/aromatic N) is 1. The molecule has 3 amide bonds. The maximum Gasteiger partial charge on any atom is 0.408 e. The van der Waals surface area contributed by atoms with Gasteiger partial charge >= 0.3 is 6.09 Å². The number of hydrogen-bond acceptors (Lipinski definition) is 5. The van der Waals surface area contributed by atoms with Gasteiger partial charge in [0, 0.05) is 18.3 Å². The molecule has 3 unspecified atom stereocenters. The molecule has 2 N–H and O–H groups in total. The molecule has 0 aliphatic rings. The monoisotopic (exact) mass is 535 g/mol. The number of hydrogen-bond donors (Lipinski definition) is 3. The first kappa shape index (κ1) is 32.8. The average molecular weight is 536 g/mol. The number of amides is 3. The quantitative estimate of drug-likeness (QED) is 0.191.